The van der Waals surface area contributed by atoms with Gasteiger partial charge in [0, 0.05) is 0 Å². The Morgan fingerprint density at radius 2 is 1.80 bits per heavy atom. The lowest BCUT2D eigenvalue weighted by molar-refractivity contribution is 0.138. The second kappa shape index (κ2) is 5.51. The predicted octanol–water partition coefficient (Wildman–Crippen LogP) is 2.25. The van der Waals surface area contributed by atoms with Crippen molar-refractivity contribution in [1.82, 2.24) is 0 Å². The summed E-state index contributed by atoms with van der Waals surface area (Å²) in [6.07, 6.45) is 0. The third-order valence-corrected chi connectivity index (χ3v) is 2.35. The van der Waals surface area contributed by atoms with Crippen molar-refractivity contribution in [3.05, 3.63) is 0 Å². The summed E-state index contributed by atoms with van der Waals surface area (Å²) in [4.78, 5) is 0. The monoisotopic (exact) mass is 274 g/mol. The van der Waals surface area contributed by atoms with Crippen molar-refractivity contribution in [3.8, 4) is 0 Å². The van der Waals surface area contributed by atoms with E-state index < -0.39 is 8.32 Å². The van der Waals surface area contributed by atoms with Crippen LogP contribution in [0.15, 0.2) is 0 Å². The van der Waals surface area contributed by atoms with Gasteiger partial charge >= 0.3 is 0 Å². The first-order valence-electron chi connectivity index (χ1n) is 3.34. The summed E-state index contributed by atoms with van der Waals surface area (Å²) in [6, 6.07) is 0. The molecule has 2 nitrogen and oxygen atoms in total. The number of rotatable bonds is 5. The van der Waals surface area contributed by atoms with Gasteiger partial charge in [-0.3, -0.25) is 0 Å². The smallest absolute Gasteiger partial charge is 0.183 e. The molecule has 0 saturated carbocycles. The Kier molecular flexibility index (Phi) is 5.99. The molecule has 10 heavy (non-hydrogen) atoms. The minimum atomic E-state index is -1.29. The molecular formula is C6H15IO2Si. The molecule has 0 fully saturated rings. The van der Waals surface area contributed by atoms with Crippen LogP contribution in [0, 0.1) is 0 Å². The van der Waals surface area contributed by atoms with E-state index in [2.05, 4.69) is 42.2 Å². The third kappa shape index (κ3) is 8.87. The molecule has 0 heterocycles. The molecule has 0 atom stereocenters. The van der Waals surface area contributed by atoms with Crippen LogP contribution < -0.4 is 0 Å². The van der Waals surface area contributed by atoms with Gasteiger partial charge in [-0.25, -0.2) is 0 Å². The summed E-state index contributed by atoms with van der Waals surface area (Å²) in [5.41, 5.74) is 0. The Hall–Kier alpha value is 0.867. The van der Waals surface area contributed by atoms with Gasteiger partial charge in [0.05, 0.1) is 17.8 Å². The summed E-state index contributed by atoms with van der Waals surface area (Å²) in [7, 11) is -1.29. The lowest BCUT2D eigenvalue weighted by atomic mass is 10.8. The standard InChI is InChI=1S/C6H15IO2Si/c1-10(2,3)9-5-4-8-6-7/h4-6H2,1-3H3. The van der Waals surface area contributed by atoms with Crippen molar-refractivity contribution >= 4 is 30.9 Å². The molecule has 0 unspecified atom stereocenters. The second-order valence-electron chi connectivity index (χ2n) is 2.98. The number of alkyl halides is 1. The van der Waals surface area contributed by atoms with Gasteiger partial charge in [-0.2, -0.15) is 0 Å². The first-order valence-corrected chi connectivity index (χ1v) is 8.27. The zero-order valence-electron chi connectivity index (χ0n) is 6.82. The Morgan fingerprint density at radius 1 is 1.20 bits per heavy atom. The minimum Gasteiger partial charge on any atom is -0.415 e. The highest BCUT2D eigenvalue weighted by Crippen LogP contribution is 2.01. The summed E-state index contributed by atoms with van der Waals surface area (Å²) in [5, 5.41) is 0. The molecule has 0 aliphatic rings. The molecule has 4 heteroatoms. The van der Waals surface area contributed by atoms with Gasteiger partial charge in [0.25, 0.3) is 0 Å². The fourth-order valence-corrected chi connectivity index (χ4v) is 1.47. The molecule has 0 aliphatic heterocycles. The van der Waals surface area contributed by atoms with Crippen molar-refractivity contribution in [1.29, 1.82) is 0 Å². The number of ether oxygens (including phenoxy) is 1. The largest absolute Gasteiger partial charge is 0.415 e. The van der Waals surface area contributed by atoms with Crippen molar-refractivity contribution in [2.24, 2.45) is 0 Å². The van der Waals surface area contributed by atoms with E-state index in [1.54, 1.807) is 0 Å². The summed E-state index contributed by atoms with van der Waals surface area (Å²) in [5.74, 6) is 0. The Balaban J connectivity index is 3.04. The molecule has 62 valence electrons. The van der Waals surface area contributed by atoms with Crippen molar-refractivity contribution in [3.63, 3.8) is 0 Å². The maximum Gasteiger partial charge on any atom is 0.183 e. The quantitative estimate of drug-likeness (QED) is 0.331. The fraction of sp³-hybridized carbons (Fsp3) is 1.00. The van der Waals surface area contributed by atoms with E-state index >= 15 is 0 Å². The molecule has 0 spiro atoms. The SMILES string of the molecule is C[Si](C)(C)OCCOCI. The van der Waals surface area contributed by atoms with Crippen LogP contribution in [-0.4, -0.2) is 26.1 Å². The minimum absolute atomic E-state index is 0.729. The molecule has 0 aromatic rings. The van der Waals surface area contributed by atoms with Gasteiger partial charge < -0.3 is 9.16 Å². The van der Waals surface area contributed by atoms with Gasteiger partial charge in [-0.05, 0) is 19.6 Å². The molecule has 0 aromatic carbocycles. The molecule has 0 saturated heterocycles. The van der Waals surface area contributed by atoms with E-state index in [1.165, 1.54) is 0 Å². The van der Waals surface area contributed by atoms with Crippen LogP contribution in [0.3, 0.4) is 0 Å². The van der Waals surface area contributed by atoms with Crippen LogP contribution in [0.5, 0.6) is 0 Å². The Morgan fingerprint density at radius 3 is 2.20 bits per heavy atom. The molecule has 0 amide bonds. The molecule has 0 aliphatic carbocycles. The van der Waals surface area contributed by atoms with Crippen LogP contribution in [0.1, 0.15) is 0 Å². The van der Waals surface area contributed by atoms with Gasteiger partial charge in [0.1, 0.15) is 0 Å². The van der Waals surface area contributed by atoms with E-state index in [0.717, 1.165) is 17.8 Å². The van der Waals surface area contributed by atoms with E-state index in [0.29, 0.717) is 0 Å². The van der Waals surface area contributed by atoms with E-state index in [1.807, 2.05) is 0 Å². The van der Waals surface area contributed by atoms with Crippen LogP contribution in [0.25, 0.3) is 0 Å². The first-order chi connectivity index (χ1) is 4.56. The van der Waals surface area contributed by atoms with Gasteiger partial charge in [-0.15, -0.1) is 0 Å². The lowest BCUT2D eigenvalue weighted by Crippen LogP contribution is -2.27. The zero-order valence-corrected chi connectivity index (χ0v) is 9.97. The Bertz CT molecular complexity index is 82.3. The average molecular weight is 274 g/mol. The number of hydrogen-bond donors (Lipinski definition) is 0. The maximum absolute atomic E-state index is 5.54. The molecule has 0 rings (SSSR count). The van der Waals surface area contributed by atoms with Gasteiger partial charge in [0.2, 0.25) is 0 Å². The van der Waals surface area contributed by atoms with Crippen LogP contribution >= 0.6 is 22.6 Å². The first kappa shape index (κ1) is 10.9. The maximum atomic E-state index is 5.54. The van der Waals surface area contributed by atoms with Gasteiger partial charge in [0.15, 0.2) is 8.32 Å². The molecule has 0 N–H and O–H groups in total. The normalized spacial score (nSPS) is 12.0. The van der Waals surface area contributed by atoms with Crippen LogP contribution in [-0.2, 0) is 9.16 Å². The van der Waals surface area contributed by atoms with Crippen LogP contribution in [0.2, 0.25) is 19.6 Å². The van der Waals surface area contributed by atoms with Gasteiger partial charge in [-0.1, -0.05) is 22.6 Å². The second-order valence-corrected chi connectivity index (χ2v) is 8.11. The van der Waals surface area contributed by atoms with Crippen molar-refractivity contribution < 1.29 is 9.16 Å². The fourth-order valence-electron chi connectivity index (χ4n) is 0.461. The average Bonchev–Trinajstić information content (AvgIpc) is 1.78. The van der Waals surface area contributed by atoms with E-state index in [-0.39, 0.29) is 0 Å². The number of halogens is 1. The van der Waals surface area contributed by atoms with Crippen LogP contribution in [0.4, 0.5) is 0 Å². The zero-order chi connectivity index (χ0) is 8.04. The molecular weight excluding hydrogens is 259 g/mol. The van der Waals surface area contributed by atoms with Crippen molar-refractivity contribution in [2.75, 3.05) is 17.8 Å². The number of hydrogen-bond acceptors (Lipinski definition) is 2. The summed E-state index contributed by atoms with van der Waals surface area (Å²) in [6.45, 7) is 8.01. The highest BCUT2D eigenvalue weighted by molar-refractivity contribution is 14.1. The van der Waals surface area contributed by atoms with E-state index in [9.17, 15) is 0 Å². The highest BCUT2D eigenvalue weighted by Gasteiger charge is 2.12. The molecule has 0 aromatic heterocycles. The predicted molar refractivity (Wildman–Crippen MR) is 54.1 cm³/mol. The highest BCUT2D eigenvalue weighted by atomic mass is 127. The summed E-state index contributed by atoms with van der Waals surface area (Å²) >= 11 is 2.18. The van der Waals surface area contributed by atoms with E-state index in [4.69, 9.17) is 9.16 Å². The van der Waals surface area contributed by atoms with Crippen molar-refractivity contribution in [2.45, 2.75) is 19.6 Å². The summed E-state index contributed by atoms with van der Waals surface area (Å²) < 4.78 is 11.4. The Labute approximate surface area is 77.6 Å². The molecule has 0 radical (unpaired) electrons. The third-order valence-electron chi connectivity index (χ3n) is 0.840. The molecule has 0 bridgehead atoms. The topological polar surface area (TPSA) is 18.5 Å². The lowest BCUT2D eigenvalue weighted by Gasteiger charge is -2.16.